The van der Waals surface area contributed by atoms with E-state index in [9.17, 15) is 18.0 Å². The van der Waals surface area contributed by atoms with Crippen molar-refractivity contribution in [3.05, 3.63) is 74.6 Å². The van der Waals surface area contributed by atoms with Gasteiger partial charge in [0.25, 0.3) is 5.56 Å². The maximum absolute atomic E-state index is 13.4. The van der Waals surface area contributed by atoms with Gasteiger partial charge in [-0.15, -0.1) is 0 Å². The Morgan fingerprint density at radius 2 is 1.71 bits per heavy atom. The molecule has 1 aliphatic carbocycles. The van der Waals surface area contributed by atoms with Crippen molar-refractivity contribution in [3.63, 3.8) is 0 Å². The van der Waals surface area contributed by atoms with Crippen LogP contribution >= 0.6 is 0 Å². The number of hydrogen-bond donors (Lipinski definition) is 2. The van der Waals surface area contributed by atoms with E-state index in [0.29, 0.717) is 40.9 Å². The largest absolute Gasteiger partial charge is 0.324 e. The number of sulfonamides is 1. The third-order valence-electron chi connectivity index (χ3n) is 6.58. The molecule has 0 spiro atoms. The van der Waals surface area contributed by atoms with Gasteiger partial charge in [-0.25, -0.2) is 18.2 Å². The first kappa shape index (κ1) is 24.8. The number of primary sulfonamides is 1. The van der Waals surface area contributed by atoms with Gasteiger partial charge in [0.1, 0.15) is 6.04 Å². The van der Waals surface area contributed by atoms with Crippen molar-refractivity contribution >= 4 is 21.6 Å². The summed E-state index contributed by atoms with van der Waals surface area (Å²) in [7, 11) is -3.94. The number of nitrogens with zero attached hydrogens (tertiary/aromatic N) is 2. The molecule has 2 aromatic carbocycles. The monoisotopic (exact) mass is 494 g/mol. The molecule has 1 aliphatic rings. The van der Waals surface area contributed by atoms with E-state index in [1.807, 2.05) is 32.0 Å². The number of carbonyl (C=O) groups is 1. The Morgan fingerprint density at radius 1 is 1.03 bits per heavy atom. The summed E-state index contributed by atoms with van der Waals surface area (Å²) in [5.74, 6) is -0.359. The molecule has 8 nitrogen and oxygen atoms in total. The van der Waals surface area contributed by atoms with Gasteiger partial charge < -0.3 is 5.32 Å². The highest BCUT2D eigenvalue weighted by Gasteiger charge is 2.26. The Hall–Kier alpha value is -3.30. The molecule has 1 aromatic heterocycles. The van der Waals surface area contributed by atoms with Crippen LogP contribution in [0.1, 0.15) is 53.6 Å². The average Bonchev–Trinajstić information content (AvgIpc) is 2.80. The van der Waals surface area contributed by atoms with E-state index in [2.05, 4.69) is 10.4 Å². The summed E-state index contributed by atoms with van der Waals surface area (Å²) < 4.78 is 25.4. The summed E-state index contributed by atoms with van der Waals surface area (Å²) in [6.07, 6.45) is 3.02. The fraction of sp³-hybridized carbons (Fsp3) is 0.346. The number of nitrogens with one attached hydrogen (secondary N) is 1. The quantitative estimate of drug-likeness (QED) is 0.561. The zero-order valence-electron chi connectivity index (χ0n) is 20.4. The molecular formula is C26H30N4O4S. The van der Waals surface area contributed by atoms with Crippen molar-refractivity contribution in [2.24, 2.45) is 5.14 Å². The Balaban J connectivity index is 1.82. The van der Waals surface area contributed by atoms with Gasteiger partial charge in [0, 0.05) is 16.8 Å². The summed E-state index contributed by atoms with van der Waals surface area (Å²) in [5, 5.41) is 12.9. The predicted molar refractivity (Wildman–Crippen MR) is 136 cm³/mol. The second kappa shape index (κ2) is 9.39. The first-order valence-corrected chi connectivity index (χ1v) is 13.2. The second-order valence-electron chi connectivity index (χ2n) is 9.27. The number of aryl methyl sites for hydroxylation is 3. The molecule has 9 heteroatoms. The molecule has 0 aliphatic heterocycles. The van der Waals surface area contributed by atoms with E-state index in [1.165, 1.54) is 10.7 Å². The molecule has 3 aromatic rings. The van der Waals surface area contributed by atoms with Crippen molar-refractivity contribution < 1.29 is 13.2 Å². The van der Waals surface area contributed by atoms with Crippen LogP contribution in [0.25, 0.3) is 11.3 Å². The Morgan fingerprint density at radius 3 is 2.37 bits per heavy atom. The lowest BCUT2D eigenvalue weighted by atomic mass is 9.89. The third kappa shape index (κ3) is 4.92. The molecule has 184 valence electrons. The van der Waals surface area contributed by atoms with Crippen LogP contribution in [-0.2, 0) is 27.7 Å². The zero-order chi connectivity index (χ0) is 25.5. The lowest BCUT2D eigenvalue weighted by Gasteiger charge is -2.23. The number of rotatable bonds is 5. The van der Waals surface area contributed by atoms with Crippen molar-refractivity contribution in [2.45, 2.75) is 64.3 Å². The highest BCUT2D eigenvalue weighted by atomic mass is 32.2. The smallest absolute Gasteiger partial charge is 0.271 e. The molecule has 4 rings (SSSR count). The van der Waals surface area contributed by atoms with Crippen LogP contribution in [0.3, 0.4) is 0 Å². The van der Waals surface area contributed by atoms with Gasteiger partial charge in [-0.3, -0.25) is 9.59 Å². The SMILES string of the molecule is Cc1ccc(NC(=O)[C@@H](C)n2nc(-c3ccc(C)c(S(N)(=O)=O)c3)c3c(c2=O)CCCC3)c(C)c1. The van der Waals surface area contributed by atoms with Crippen LogP contribution in [0, 0.1) is 20.8 Å². The topological polar surface area (TPSA) is 124 Å². The van der Waals surface area contributed by atoms with Crippen LogP contribution in [0.2, 0.25) is 0 Å². The number of carbonyl (C=O) groups excluding carboxylic acids is 1. The van der Waals surface area contributed by atoms with Crippen LogP contribution < -0.4 is 16.0 Å². The minimum Gasteiger partial charge on any atom is -0.324 e. The molecule has 0 bridgehead atoms. The third-order valence-corrected chi connectivity index (χ3v) is 7.63. The summed E-state index contributed by atoms with van der Waals surface area (Å²) >= 11 is 0. The number of amides is 1. The molecule has 0 saturated heterocycles. The van der Waals surface area contributed by atoms with Gasteiger partial charge in [0.05, 0.1) is 10.6 Å². The summed E-state index contributed by atoms with van der Waals surface area (Å²) in [5.41, 5.74) is 5.42. The van der Waals surface area contributed by atoms with E-state index < -0.39 is 16.1 Å². The molecule has 0 fully saturated rings. The number of hydrogen-bond acceptors (Lipinski definition) is 5. The number of benzene rings is 2. The molecule has 0 unspecified atom stereocenters. The molecule has 35 heavy (non-hydrogen) atoms. The Labute approximate surface area is 205 Å². The van der Waals surface area contributed by atoms with Crippen molar-refractivity contribution in [1.82, 2.24) is 9.78 Å². The highest BCUT2D eigenvalue weighted by Crippen LogP contribution is 2.31. The second-order valence-corrected chi connectivity index (χ2v) is 10.8. The molecular weight excluding hydrogens is 464 g/mol. The zero-order valence-corrected chi connectivity index (χ0v) is 21.2. The van der Waals surface area contributed by atoms with E-state index in [0.717, 1.165) is 29.5 Å². The van der Waals surface area contributed by atoms with Gasteiger partial charge in [-0.1, -0.05) is 29.8 Å². The molecule has 1 atom stereocenters. The number of aromatic nitrogens is 2. The number of anilines is 1. The number of nitrogens with two attached hydrogens (primary N) is 1. The lowest BCUT2D eigenvalue weighted by Crippen LogP contribution is -2.37. The lowest BCUT2D eigenvalue weighted by molar-refractivity contribution is -0.119. The van der Waals surface area contributed by atoms with Crippen molar-refractivity contribution in [1.29, 1.82) is 0 Å². The molecule has 1 heterocycles. The summed E-state index contributed by atoms with van der Waals surface area (Å²) in [6, 6.07) is 9.80. The standard InChI is InChI=1S/C26H30N4O4S/c1-15-9-12-22(17(3)13-15)28-25(31)18(4)30-26(32)21-8-6-5-7-20(21)24(29-30)19-11-10-16(2)23(14-19)35(27,33)34/h9-14,18H,5-8H2,1-4H3,(H,28,31)(H2,27,33,34)/t18-/m1/s1. The normalized spacial score (nSPS) is 14.3. The van der Waals surface area contributed by atoms with Gasteiger partial charge in [0.2, 0.25) is 15.9 Å². The van der Waals surface area contributed by atoms with Crippen LogP contribution in [0.4, 0.5) is 5.69 Å². The summed E-state index contributed by atoms with van der Waals surface area (Å²) in [6.45, 7) is 7.20. The van der Waals surface area contributed by atoms with Gasteiger partial charge in [-0.05, 0) is 82.2 Å². The minimum absolute atomic E-state index is 0.0137. The van der Waals surface area contributed by atoms with E-state index in [4.69, 9.17) is 5.14 Å². The maximum Gasteiger partial charge on any atom is 0.271 e. The van der Waals surface area contributed by atoms with Crippen LogP contribution in [-0.4, -0.2) is 24.1 Å². The Kier molecular flexibility index (Phi) is 6.66. The predicted octanol–water partition coefficient (Wildman–Crippen LogP) is 3.56. The first-order valence-electron chi connectivity index (χ1n) is 11.6. The van der Waals surface area contributed by atoms with E-state index in [1.54, 1.807) is 26.0 Å². The fourth-order valence-electron chi connectivity index (χ4n) is 4.60. The van der Waals surface area contributed by atoms with E-state index >= 15 is 0 Å². The maximum atomic E-state index is 13.4. The highest BCUT2D eigenvalue weighted by molar-refractivity contribution is 7.89. The molecule has 1 amide bonds. The number of fused-ring (bicyclic) bond motifs is 1. The molecule has 3 N–H and O–H groups in total. The average molecular weight is 495 g/mol. The van der Waals surface area contributed by atoms with Gasteiger partial charge in [0.15, 0.2) is 0 Å². The van der Waals surface area contributed by atoms with Crippen LogP contribution in [0.15, 0.2) is 46.1 Å². The van der Waals surface area contributed by atoms with Crippen LogP contribution in [0.5, 0.6) is 0 Å². The van der Waals surface area contributed by atoms with Gasteiger partial charge in [-0.2, -0.15) is 5.10 Å². The molecule has 0 saturated carbocycles. The Bertz CT molecular complexity index is 1490. The molecule has 0 radical (unpaired) electrons. The first-order chi connectivity index (χ1) is 16.5. The van der Waals surface area contributed by atoms with E-state index in [-0.39, 0.29) is 16.4 Å². The van der Waals surface area contributed by atoms with Crippen molar-refractivity contribution in [3.8, 4) is 11.3 Å². The summed E-state index contributed by atoms with van der Waals surface area (Å²) in [4.78, 5) is 26.5. The fourth-order valence-corrected chi connectivity index (χ4v) is 5.41. The van der Waals surface area contributed by atoms with Gasteiger partial charge >= 0.3 is 0 Å². The van der Waals surface area contributed by atoms with Crippen molar-refractivity contribution in [2.75, 3.05) is 5.32 Å². The minimum atomic E-state index is -3.94.